The Hall–Kier alpha value is -1.71. The van der Waals surface area contributed by atoms with E-state index < -0.39 is 42.6 Å². The van der Waals surface area contributed by atoms with Gasteiger partial charge >= 0.3 is 11.9 Å². The van der Waals surface area contributed by atoms with Crippen LogP contribution in [0, 0.1) is 0 Å². The van der Waals surface area contributed by atoms with Crippen LogP contribution in [0.1, 0.15) is 20.8 Å². The zero-order valence-corrected chi connectivity index (χ0v) is 14.8. The summed E-state index contributed by atoms with van der Waals surface area (Å²) in [7, 11) is 4.43. The van der Waals surface area contributed by atoms with Crippen molar-refractivity contribution in [3.63, 3.8) is 0 Å². The third-order valence-corrected chi connectivity index (χ3v) is 3.82. The summed E-state index contributed by atoms with van der Waals surface area (Å²) in [4.78, 5) is 35.7. The molecule has 0 bridgehead atoms. The zero-order valence-electron chi connectivity index (χ0n) is 14.8. The van der Waals surface area contributed by atoms with Crippen LogP contribution >= 0.6 is 0 Å². The first-order valence-electron chi connectivity index (χ1n) is 7.47. The number of rotatable bonds is 6. The number of carbonyl (C=O) groups excluding carboxylic acids is 3. The highest BCUT2D eigenvalue weighted by Crippen LogP contribution is 2.29. The normalized spacial score (nSPS) is 29.7. The van der Waals surface area contributed by atoms with Gasteiger partial charge in [-0.2, -0.15) is 0 Å². The SMILES string of the molecule is CO[C@@H]1O[C@H](COC(C)=O)[C@@H](OC(C)=O)[C@H](OC)[C@H]1N(C)C(C)=O. The van der Waals surface area contributed by atoms with Crippen LogP contribution < -0.4 is 0 Å². The molecule has 0 radical (unpaired) electrons. The molecule has 0 N–H and O–H groups in total. The van der Waals surface area contributed by atoms with Gasteiger partial charge in [0.05, 0.1) is 0 Å². The van der Waals surface area contributed by atoms with Crippen LogP contribution in [0.15, 0.2) is 0 Å². The monoisotopic (exact) mass is 347 g/mol. The van der Waals surface area contributed by atoms with Crippen LogP contribution in [0.2, 0.25) is 0 Å². The Morgan fingerprint density at radius 3 is 2.04 bits per heavy atom. The minimum absolute atomic E-state index is 0.135. The van der Waals surface area contributed by atoms with Gasteiger partial charge in [0.15, 0.2) is 12.4 Å². The molecule has 0 saturated carbocycles. The number of nitrogens with zero attached hydrogens (tertiary/aromatic N) is 1. The molecule has 1 amide bonds. The molecule has 0 aromatic rings. The van der Waals surface area contributed by atoms with Crippen LogP contribution in [0.4, 0.5) is 0 Å². The van der Waals surface area contributed by atoms with E-state index in [0.717, 1.165) is 0 Å². The van der Waals surface area contributed by atoms with Crippen molar-refractivity contribution in [3.05, 3.63) is 0 Å². The van der Waals surface area contributed by atoms with Crippen LogP contribution in [0.5, 0.6) is 0 Å². The van der Waals surface area contributed by atoms with E-state index in [1.165, 1.54) is 39.9 Å². The number of hydrogen-bond donors (Lipinski definition) is 0. The van der Waals surface area contributed by atoms with Gasteiger partial charge in [-0.05, 0) is 0 Å². The molecular weight excluding hydrogens is 322 g/mol. The molecule has 0 unspecified atom stereocenters. The van der Waals surface area contributed by atoms with Crippen molar-refractivity contribution in [3.8, 4) is 0 Å². The smallest absolute Gasteiger partial charge is 0.303 e. The standard InChI is InChI=1S/C15H25NO8/c1-8(17)16(4)12-14(20-5)13(23-10(3)19)11(7-22-9(2)18)24-15(12)21-6/h11-15H,7H2,1-6H3/t11-,12-,13-,14-,15-/m1/s1. The molecule has 1 fully saturated rings. The van der Waals surface area contributed by atoms with Crippen molar-refractivity contribution < 1.29 is 38.1 Å². The summed E-state index contributed by atoms with van der Waals surface area (Å²) in [6.07, 6.45) is -3.22. The molecule has 0 aromatic heterocycles. The maximum Gasteiger partial charge on any atom is 0.303 e. The first-order valence-corrected chi connectivity index (χ1v) is 7.47. The Morgan fingerprint density at radius 2 is 1.62 bits per heavy atom. The largest absolute Gasteiger partial charge is 0.463 e. The summed E-state index contributed by atoms with van der Waals surface area (Å²) in [5.41, 5.74) is 0. The molecule has 5 atom stereocenters. The lowest BCUT2D eigenvalue weighted by Crippen LogP contribution is -2.66. The Morgan fingerprint density at radius 1 is 1.00 bits per heavy atom. The molecule has 1 saturated heterocycles. The second-order valence-electron chi connectivity index (χ2n) is 5.48. The van der Waals surface area contributed by atoms with E-state index in [-0.39, 0.29) is 12.5 Å². The number of ether oxygens (including phenoxy) is 5. The van der Waals surface area contributed by atoms with Crippen molar-refractivity contribution in [1.82, 2.24) is 4.90 Å². The number of amides is 1. The van der Waals surface area contributed by atoms with Crippen LogP contribution in [-0.2, 0) is 38.1 Å². The minimum Gasteiger partial charge on any atom is -0.463 e. The summed E-state index contributed by atoms with van der Waals surface area (Å²) in [5, 5.41) is 0. The topological polar surface area (TPSA) is 101 Å². The maximum atomic E-state index is 11.8. The number of methoxy groups -OCH3 is 2. The highest BCUT2D eigenvalue weighted by molar-refractivity contribution is 5.73. The van der Waals surface area contributed by atoms with Gasteiger partial charge in [0.25, 0.3) is 0 Å². The van der Waals surface area contributed by atoms with Gasteiger partial charge in [0, 0.05) is 42.0 Å². The molecule has 9 heteroatoms. The Bertz CT molecular complexity index is 468. The summed E-state index contributed by atoms with van der Waals surface area (Å²) in [6, 6.07) is -0.643. The van der Waals surface area contributed by atoms with E-state index in [0.29, 0.717) is 0 Å². The molecule has 138 valence electrons. The number of carbonyl (C=O) groups is 3. The maximum absolute atomic E-state index is 11.8. The van der Waals surface area contributed by atoms with E-state index in [9.17, 15) is 14.4 Å². The number of likely N-dealkylation sites (N-methyl/N-ethyl adjacent to an activating group) is 1. The second-order valence-corrected chi connectivity index (χ2v) is 5.48. The molecule has 0 aromatic carbocycles. The summed E-state index contributed by atoms with van der Waals surface area (Å²) < 4.78 is 26.9. The van der Waals surface area contributed by atoms with Crippen molar-refractivity contribution >= 4 is 17.8 Å². The molecule has 0 spiro atoms. The Balaban J connectivity index is 3.14. The molecule has 0 aliphatic carbocycles. The van der Waals surface area contributed by atoms with Gasteiger partial charge in [-0.1, -0.05) is 0 Å². The van der Waals surface area contributed by atoms with Crippen molar-refractivity contribution in [2.75, 3.05) is 27.9 Å². The molecule has 1 heterocycles. The lowest BCUT2D eigenvalue weighted by atomic mass is 9.95. The van der Waals surface area contributed by atoms with E-state index in [1.807, 2.05) is 0 Å². The van der Waals surface area contributed by atoms with Gasteiger partial charge < -0.3 is 28.6 Å². The Labute approximate surface area is 141 Å². The fourth-order valence-corrected chi connectivity index (χ4v) is 2.64. The highest BCUT2D eigenvalue weighted by Gasteiger charge is 2.51. The molecule has 9 nitrogen and oxygen atoms in total. The number of hydrogen-bond acceptors (Lipinski definition) is 8. The van der Waals surface area contributed by atoms with Gasteiger partial charge in [-0.25, -0.2) is 0 Å². The van der Waals surface area contributed by atoms with Gasteiger partial charge in [-0.15, -0.1) is 0 Å². The first-order chi connectivity index (χ1) is 11.2. The fraction of sp³-hybridized carbons (Fsp3) is 0.800. The van der Waals surface area contributed by atoms with E-state index in [4.69, 9.17) is 23.7 Å². The van der Waals surface area contributed by atoms with Crippen LogP contribution in [0.25, 0.3) is 0 Å². The van der Waals surface area contributed by atoms with Crippen LogP contribution in [0.3, 0.4) is 0 Å². The average molecular weight is 347 g/mol. The zero-order chi connectivity index (χ0) is 18.4. The molecule has 1 aliphatic rings. The summed E-state index contributed by atoms with van der Waals surface area (Å²) in [5.74, 6) is -1.27. The highest BCUT2D eigenvalue weighted by atomic mass is 16.7. The first kappa shape index (κ1) is 20.3. The predicted molar refractivity (Wildman–Crippen MR) is 80.9 cm³/mol. The molecule has 1 rings (SSSR count). The second kappa shape index (κ2) is 8.95. The summed E-state index contributed by atoms with van der Waals surface area (Å²) in [6.45, 7) is 3.77. The van der Waals surface area contributed by atoms with Gasteiger partial charge in [0.2, 0.25) is 5.91 Å². The third-order valence-electron chi connectivity index (χ3n) is 3.82. The van der Waals surface area contributed by atoms with Crippen molar-refractivity contribution in [2.24, 2.45) is 0 Å². The van der Waals surface area contributed by atoms with E-state index in [2.05, 4.69) is 0 Å². The van der Waals surface area contributed by atoms with Gasteiger partial charge in [0.1, 0.15) is 24.9 Å². The average Bonchev–Trinajstić information content (AvgIpc) is 2.51. The Kier molecular flexibility index (Phi) is 7.59. The lowest BCUT2D eigenvalue weighted by Gasteiger charge is -2.47. The van der Waals surface area contributed by atoms with E-state index in [1.54, 1.807) is 7.05 Å². The molecule has 24 heavy (non-hydrogen) atoms. The quantitative estimate of drug-likeness (QED) is 0.605. The molecular formula is C15H25NO8. The predicted octanol–water partition coefficient (Wildman–Crippen LogP) is -0.286. The van der Waals surface area contributed by atoms with Crippen molar-refractivity contribution in [2.45, 2.75) is 51.4 Å². The minimum atomic E-state index is -0.870. The molecule has 1 aliphatic heterocycles. The summed E-state index contributed by atoms with van der Waals surface area (Å²) >= 11 is 0. The van der Waals surface area contributed by atoms with Crippen LogP contribution in [-0.4, -0.2) is 81.3 Å². The lowest BCUT2D eigenvalue weighted by molar-refractivity contribution is -0.284. The fourth-order valence-electron chi connectivity index (χ4n) is 2.64. The number of esters is 2. The van der Waals surface area contributed by atoms with E-state index >= 15 is 0 Å². The van der Waals surface area contributed by atoms with Crippen molar-refractivity contribution in [1.29, 1.82) is 0 Å². The third kappa shape index (κ3) is 4.89. The van der Waals surface area contributed by atoms with Gasteiger partial charge in [-0.3, -0.25) is 14.4 Å².